The molecule has 23 heavy (non-hydrogen) atoms. The largest absolute Gasteiger partial charge is 0.383 e. The summed E-state index contributed by atoms with van der Waals surface area (Å²) in [7, 11) is 3.35. The van der Waals surface area contributed by atoms with Crippen molar-refractivity contribution in [1.29, 1.82) is 0 Å². The van der Waals surface area contributed by atoms with Crippen LogP contribution in [-0.2, 0) is 22.4 Å². The monoisotopic (exact) mass is 440 g/mol. The van der Waals surface area contributed by atoms with Gasteiger partial charge in [-0.15, -0.1) is 34.2 Å². The Morgan fingerprint density at radius 1 is 1.39 bits per heavy atom. The maximum absolute atomic E-state index is 5.13. The van der Waals surface area contributed by atoms with Crippen molar-refractivity contribution in [2.45, 2.75) is 32.9 Å². The fourth-order valence-electron chi connectivity index (χ4n) is 1.96. The minimum atomic E-state index is 0. The lowest BCUT2D eigenvalue weighted by molar-refractivity contribution is 0.178. The number of guanidine groups is 1. The summed E-state index contributed by atoms with van der Waals surface area (Å²) in [5.74, 6) is 1.74. The van der Waals surface area contributed by atoms with E-state index in [1.54, 1.807) is 20.5 Å². The summed E-state index contributed by atoms with van der Waals surface area (Å²) >= 11 is 0. The lowest BCUT2D eigenvalue weighted by atomic mass is 10.4. The summed E-state index contributed by atoms with van der Waals surface area (Å²) < 4.78 is 12.2. The highest BCUT2D eigenvalue weighted by Gasteiger charge is 2.06. The van der Waals surface area contributed by atoms with Gasteiger partial charge in [-0.3, -0.25) is 4.99 Å². The van der Waals surface area contributed by atoms with Crippen molar-refractivity contribution in [1.82, 2.24) is 25.4 Å². The first-order valence-corrected chi connectivity index (χ1v) is 7.60. The smallest absolute Gasteiger partial charge is 0.191 e. The van der Waals surface area contributed by atoms with E-state index in [-0.39, 0.29) is 30.0 Å². The molecule has 9 heteroatoms. The highest BCUT2D eigenvalue weighted by Crippen LogP contribution is 1.94. The molecule has 1 atom stereocenters. The maximum atomic E-state index is 5.13. The van der Waals surface area contributed by atoms with Crippen LogP contribution in [0.3, 0.4) is 0 Å². The molecule has 1 heterocycles. The number of ether oxygens (including phenoxy) is 2. The molecule has 0 aliphatic carbocycles. The molecule has 0 radical (unpaired) electrons. The summed E-state index contributed by atoms with van der Waals surface area (Å²) in [6.07, 6.45) is 2.63. The third-order valence-electron chi connectivity index (χ3n) is 3.02. The van der Waals surface area contributed by atoms with Crippen molar-refractivity contribution in [3.05, 3.63) is 12.2 Å². The normalized spacial score (nSPS) is 12.6. The van der Waals surface area contributed by atoms with Crippen LogP contribution in [0.4, 0.5) is 0 Å². The molecule has 1 rings (SSSR count). The van der Waals surface area contributed by atoms with Crippen LogP contribution in [0.25, 0.3) is 0 Å². The van der Waals surface area contributed by atoms with E-state index in [1.807, 2.05) is 11.5 Å². The van der Waals surface area contributed by atoms with Crippen LogP contribution < -0.4 is 10.6 Å². The maximum Gasteiger partial charge on any atom is 0.191 e. The molecule has 2 N–H and O–H groups in total. The SMILES string of the molecule is CCc1nncn1CCNC(=NCCOC)NC(C)COC.I. The number of nitrogens with zero attached hydrogens (tertiary/aromatic N) is 4. The van der Waals surface area contributed by atoms with Gasteiger partial charge in [-0.2, -0.15) is 0 Å². The average Bonchev–Trinajstić information content (AvgIpc) is 2.95. The third kappa shape index (κ3) is 9.06. The van der Waals surface area contributed by atoms with Crippen LogP contribution in [0.1, 0.15) is 19.7 Å². The predicted octanol–water partition coefficient (Wildman–Crippen LogP) is 0.675. The van der Waals surface area contributed by atoms with Gasteiger partial charge in [0.2, 0.25) is 0 Å². The predicted molar refractivity (Wildman–Crippen MR) is 101 cm³/mol. The Bertz CT molecular complexity index is 441. The van der Waals surface area contributed by atoms with Crippen molar-refractivity contribution in [3.63, 3.8) is 0 Å². The zero-order chi connectivity index (χ0) is 16.2. The molecule has 0 fully saturated rings. The Kier molecular flexibility index (Phi) is 12.9. The van der Waals surface area contributed by atoms with Gasteiger partial charge in [0, 0.05) is 39.8 Å². The first kappa shape index (κ1) is 22.1. The van der Waals surface area contributed by atoms with E-state index in [4.69, 9.17) is 9.47 Å². The van der Waals surface area contributed by atoms with E-state index < -0.39 is 0 Å². The summed E-state index contributed by atoms with van der Waals surface area (Å²) in [4.78, 5) is 4.47. The van der Waals surface area contributed by atoms with Crippen molar-refractivity contribution in [3.8, 4) is 0 Å². The summed E-state index contributed by atoms with van der Waals surface area (Å²) in [5.41, 5.74) is 0. The molecule has 0 amide bonds. The number of hydrogen-bond donors (Lipinski definition) is 2. The van der Waals surface area contributed by atoms with Gasteiger partial charge in [0.15, 0.2) is 5.96 Å². The molecule has 134 valence electrons. The lowest BCUT2D eigenvalue weighted by Crippen LogP contribution is -2.45. The second-order valence-corrected chi connectivity index (χ2v) is 4.94. The summed E-state index contributed by atoms with van der Waals surface area (Å²) in [6.45, 7) is 7.47. The Morgan fingerprint density at radius 3 is 2.83 bits per heavy atom. The van der Waals surface area contributed by atoms with Gasteiger partial charge in [-0.05, 0) is 6.92 Å². The molecule has 1 aromatic heterocycles. The van der Waals surface area contributed by atoms with Crippen LogP contribution in [0, 0.1) is 0 Å². The minimum Gasteiger partial charge on any atom is -0.383 e. The van der Waals surface area contributed by atoms with Crippen LogP contribution in [0.5, 0.6) is 0 Å². The number of rotatable bonds is 10. The molecule has 0 bridgehead atoms. The van der Waals surface area contributed by atoms with Gasteiger partial charge in [-0.25, -0.2) is 0 Å². The second-order valence-electron chi connectivity index (χ2n) is 4.94. The molecule has 8 nitrogen and oxygen atoms in total. The number of aliphatic imine (C=N–C) groups is 1. The van der Waals surface area contributed by atoms with Crippen LogP contribution in [-0.4, -0.2) is 67.3 Å². The van der Waals surface area contributed by atoms with Gasteiger partial charge in [0.25, 0.3) is 0 Å². The molecular formula is C14H29IN6O2. The van der Waals surface area contributed by atoms with E-state index in [0.717, 1.165) is 31.3 Å². The van der Waals surface area contributed by atoms with Crippen molar-refractivity contribution >= 4 is 29.9 Å². The third-order valence-corrected chi connectivity index (χ3v) is 3.02. The molecule has 0 aromatic carbocycles. The van der Waals surface area contributed by atoms with Crippen LogP contribution in [0.2, 0.25) is 0 Å². The first-order valence-electron chi connectivity index (χ1n) is 7.60. The fourth-order valence-corrected chi connectivity index (χ4v) is 1.96. The van der Waals surface area contributed by atoms with Gasteiger partial charge in [0.05, 0.1) is 19.8 Å². The van der Waals surface area contributed by atoms with Gasteiger partial charge in [-0.1, -0.05) is 6.92 Å². The molecule has 1 aromatic rings. The second kappa shape index (κ2) is 13.5. The molecule has 0 aliphatic heterocycles. The van der Waals surface area contributed by atoms with Crippen LogP contribution >= 0.6 is 24.0 Å². The first-order chi connectivity index (χ1) is 10.7. The Morgan fingerprint density at radius 2 is 2.17 bits per heavy atom. The molecule has 0 saturated heterocycles. The molecule has 0 aliphatic rings. The number of methoxy groups -OCH3 is 2. The Balaban J connectivity index is 0.00000484. The lowest BCUT2D eigenvalue weighted by Gasteiger charge is -2.18. The van der Waals surface area contributed by atoms with Crippen molar-refractivity contribution in [2.75, 3.05) is 40.5 Å². The Labute approximate surface area is 155 Å². The van der Waals surface area contributed by atoms with E-state index in [2.05, 4.69) is 32.7 Å². The number of halogens is 1. The van der Waals surface area contributed by atoms with Crippen molar-refractivity contribution < 1.29 is 9.47 Å². The number of hydrogen-bond acceptors (Lipinski definition) is 5. The Hall–Kier alpha value is -0.940. The highest BCUT2D eigenvalue weighted by atomic mass is 127. The average molecular weight is 440 g/mol. The highest BCUT2D eigenvalue weighted by molar-refractivity contribution is 14.0. The van der Waals surface area contributed by atoms with Gasteiger partial charge < -0.3 is 24.7 Å². The van der Waals surface area contributed by atoms with E-state index in [0.29, 0.717) is 19.8 Å². The fraction of sp³-hybridized carbons (Fsp3) is 0.786. The quantitative estimate of drug-likeness (QED) is 0.241. The number of aryl methyl sites for hydroxylation is 1. The zero-order valence-electron chi connectivity index (χ0n) is 14.4. The topological polar surface area (TPSA) is 85.6 Å². The molecule has 1 unspecified atom stereocenters. The standard InChI is InChI=1S/C14H28N6O2.HI/c1-5-13-19-17-11-20(13)8-6-15-14(16-7-9-21-3)18-12(2)10-22-4;/h11-12H,5-10H2,1-4H3,(H2,15,16,18);1H. The summed E-state index contributed by atoms with van der Waals surface area (Å²) in [6, 6.07) is 0.180. The molecular weight excluding hydrogens is 411 g/mol. The number of nitrogens with one attached hydrogen (secondary N) is 2. The van der Waals surface area contributed by atoms with E-state index >= 15 is 0 Å². The van der Waals surface area contributed by atoms with Crippen molar-refractivity contribution in [2.24, 2.45) is 4.99 Å². The molecule has 0 spiro atoms. The summed E-state index contributed by atoms with van der Waals surface area (Å²) in [5, 5.41) is 14.6. The zero-order valence-corrected chi connectivity index (χ0v) is 16.7. The molecule has 0 saturated carbocycles. The van der Waals surface area contributed by atoms with E-state index in [9.17, 15) is 0 Å². The van der Waals surface area contributed by atoms with Crippen LogP contribution in [0.15, 0.2) is 11.3 Å². The minimum absolute atomic E-state index is 0. The number of aromatic nitrogens is 3. The van der Waals surface area contributed by atoms with E-state index in [1.165, 1.54) is 0 Å². The van der Waals surface area contributed by atoms with Gasteiger partial charge in [0.1, 0.15) is 12.2 Å². The van der Waals surface area contributed by atoms with Gasteiger partial charge >= 0.3 is 0 Å².